The van der Waals surface area contributed by atoms with Gasteiger partial charge in [-0.25, -0.2) is 9.97 Å². The maximum atomic E-state index is 12.9. The van der Waals surface area contributed by atoms with E-state index in [0.29, 0.717) is 25.0 Å². The van der Waals surface area contributed by atoms with Crippen molar-refractivity contribution in [3.63, 3.8) is 0 Å². The van der Waals surface area contributed by atoms with E-state index >= 15 is 0 Å². The number of imidazole rings is 1. The second kappa shape index (κ2) is 14.0. The summed E-state index contributed by atoms with van der Waals surface area (Å²) in [5.74, 6) is -0.271. The molecule has 2 N–H and O–H groups in total. The van der Waals surface area contributed by atoms with Gasteiger partial charge in [-0.2, -0.15) is 0 Å². The van der Waals surface area contributed by atoms with Gasteiger partial charge >= 0.3 is 0 Å². The Hall–Kier alpha value is -5.74. The monoisotopic (exact) mass is 661 g/mol. The van der Waals surface area contributed by atoms with Crippen molar-refractivity contribution in [2.75, 3.05) is 0 Å². The Morgan fingerprint density at radius 2 is 1.52 bits per heavy atom. The summed E-state index contributed by atoms with van der Waals surface area (Å²) in [4.78, 5) is 26.2. The minimum atomic E-state index is -0.570. The van der Waals surface area contributed by atoms with E-state index in [-0.39, 0.29) is 30.4 Å². The number of nitrogens with zero attached hydrogens (tertiary/aromatic N) is 4. The highest BCUT2D eigenvalue weighted by Gasteiger charge is 2.32. The van der Waals surface area contributed by atoms with Crippen LogP contribution in [0, 0.1) is 0 Å². The van der Waals surface area contributed by atoms with Gasteiger partial charge in [-0.05, 0) is 58.1 Å². The first-order valence-electron chi connectivity index (χ1n) is 16.7. The van der Waals surface area contributed by atoms with E-state index in [1.165, 1.54) is 6.20 Å². The molecular weight excluding hydrogens is 626 g/mol. The SMILES string of the molecule is O=C(NCc1cccc(-c2ccc(C3OC(Cn4cnc5ccccc54)CC(c4ccc(CO)cc4)O3)cc2)c1)c1cnc2ccccc2n1. The average Bonchev–Trinajstić information content (AvgIpc) is 3.59. The zero-order chi connectivity index (χ0) is 33.9. The molecule has 50 heavy (non-hydrogen) atoms. The number of amides is 1. The molecule has 0 spiro atoms. The Bertz CT molecular complexity index is 2270. The van der Waals surface area contributed by atoms with Gasteiger partial charge in [-0.15, -0.1) is 0 Å². The molecule has 1 amide bonds. The number of hydrogen-bond donors (Lipinski definition) is 2. The van der Waals surface area contributed by atoms with Crippen molar-refractivity contribution in [3.05, 3.63) is 162 Å². The van der Waals surface area contributed by atoms with Crippen LogP contribution >= 0.6 is 0 Å². The van der Waals surface area contributed by atoms with Gasteiger partial charge in [0, 0.05) is 18.5 Å². The number of para-hydroxylation sites is 4. The van der Waals surface area contributed by atoms with Gasteiger partial charge in [0.15, 0.2) is 6.29 Å². The molecule has 0 radical (unpaired) electrons. The Morgan fingerprint density at radius 3 is 2.34 bits per heavy atom. The summed E-state index contributed by atoms with van der Waals surface area (Å²) in [7, 11) is 0. The lowest BCUT2D eigenvalue weighted by Crippen LogP contribution is -2.32. The highest BCUT2D eigenvalue weighted by molar-refractivity contribution is 5.93. The van der Waals surface area contributed by atoms with Crippen molar-refractivity contribution in [2.24, 2.45) is 0 Å². The number of rotatable bonds is 9. The topological polar surface area (TPSA) is 111 Å². The van der Waals surface area contributed by atoms with E-state index in [1.807, 2.05) is 97.3 Å². The highest BCUT2D eigenvalue weighted by Crippen LogP contribution is 2.39. The van der Waals surface area contributed by atoms with Crippen LogP contribution in [-0.2, 0) is 29.2 Å². The van der Waals surface area contributed by atoms with E-state index < -0.39 is 6.29 Å². The molecule has 2 aromatic heterocycles. The number of nitrogens with one attached hydrogen (secondary N) is 1. The highest BCUT2D eigenvalue weighted by atomic mass is 16.7. The summed E-state index contributed by atoms with van der Waals surface area (Å²) in [5, 5.41) is 12.5. The van der Waals surface area contributed by atoms with Crippen LogP contribution in [0.1, 0.15) is 51.6 Å². The quantitative estimate of drug-likeness (QED) is 0.167. The fraction of sp³-hybridized carbons (Fsp3) is 0.171. The first-order chi connectivity index (χ1) is 24.6. The van der Waals surface area contributed by atoms with Crippen molar-refractivity contribution in [3.8, 4) is 11.1 Å². The van der Waals surface area contributed by atoms with E-state index in [4.69, 9.17) is 9.47 Å². The fourth-order valence-electron chi connectivity index (χ4n) is 6.44. The lowest BCUT2D eigenvalue weighted by Gasteiger charge is -2.36. The third kappa shape index (κ3) is 6.75. The lowest BCUT2D eigenvalue weighted by atomic mass is 9.99. The van der Waals surface area contributed by atoms with Gasteiger partial charge < -0.3 is 24.5 Å². The van der Waals surface area contributed by atoms with Crippen LogP contribution in [0.3, 0.4) is 0 Å². The Balaban J connectivity index is 0.981. The Labute approximate surface area is 289 Å². The molecule has 9 heteroatoms. The molecule has 0 saturated carbocycles. The number of benzene rings is 5. The number of ether oxygens (including phenoxy) is 2. The van der Waals surface area contributed by atoms with Gasteiger partial charge in [0.05, 0.1) is 60.0 Å². The van der Waals surface area contributed by atoms with Gasteiger partial charge in [0.25, 0.3) is 5.91 Å². The molecule has 9 nitrogen and oxygen atoms in total. The smallest absolute Gasteiger partial charge is 0.271 e. The van der Waals surface area contributed by atoms with E-state index in [9.17, 15) is 9.90 Å². The number of fused-ring (bicyclic) bond motifs is 2. The van der Waals surface area contributed by atoms with Crippen LogP contribution in [0.5, 0.6) is 0 Å². The third-order valence-electron chi connectivity index (χ3n) is 9.12. The molecule has 0 bridgehead atoms. The Kier molecular flexibility index (Phi) is 8.83. The summed E-state index contributed by atoms with van der Waals surface area (Å²) >= 11 is 0. The van der Waals surface area contributed by atoms with Crippen molar-refractivity contribution >= 4 is 28.0 Å². The number of aliphatic hydroxyl groups excluding tert-OH is 1. The fourth-order valence-corrected chi connectivity index (χ4v) is 6.44. The summed E-state index contributed by atoms with van der Waals surface area (Å²) in [6.07, 6.45) is 3.17. The van der Waals surface area contributed by atoms with Gasteiger partial charge in [-0.3, -0.25) is 9.78 Å². The third-order valence-corrected chi connectivity index (χ3v) is 9.12. The molecule has 1 aliphatic heterocycles. The van der Waals surface area contributed by atoms with Crippen LogP contribution in [0.4, 0.5) is 0 Å². The average molecular weight is 662 g/mol. The number of carbonyl (C=O) groups is 1. The van der Waals surface area contributed by atoms with Crippen molar-refractivity contribution < 1.29 is 19.4 Å². The minimum absolute atomic E-state index is 0.00171. The molecule has 1 aliphatic rings. The largest absolute Gasteiger partial charge is 0.392 e. The minimum Gasteiger partial charge on any atom is -0.392 e. The molecule has 3 unspecified atom stereocenters. The van der Waals surface area contributed by atoms with Crippen molar-refractivity contribution in [1.82, 2.24) is 24.8 Å². The predicted molar refractivity (Wildman–Crippen MR) is 191 cm³/mol. The molecule has 248 valence electrons. The lowest BCUT2D eigenvalue weighted by molar-refractivity contribution is -0.252. The maximum Gasteiger partial charge on any atom is 0.271 e. The normalized spacial score (nSPS) is 17.6. The van der Waals surface area contributed by atoms with Crippen LogP contribution in [0.15, 0.2) is 134 Å². The standard InChI is InChI=1S/C41H35N5O4/c47-25-27-12-14-30(15-13-27)39-21-33(24-46-26-44-36-10-3-4-11-38(36)46)49-41(50-39)31-18-16-29(17-19-31)32-7-5-6-28(20-32)22-43-40(48)37-23-42-34-8-1-2-9-35(34)45-37/h1-20,23,26,33,39,41,47H,21-22,24-25H2,(H,43,48). The number of aliphatic hydroxyl groups is 1. The summed E-state index contributed by atoms with van der Waals surface area (Å²) in [5.41, 5.74) is 9.61. The zero-order valence-electron chi connectivity index (χ0n) is 27.2. The van der Waals surface area contributed by atoms with Gasteiger partial charge in [-0.1, -0.05) is 91.0 Å². The zero-order valence-corrected chi connectivity index (χ0v) is 27.2. The second-order valence-electron chi connectivity index (χ2n) is 12.5. The first-order valence-corrected chi connectivity index (χ1v) is 16.7. The number of carbonyl (C=O) groups excluding carboxylic acids is 1. The molecule has 3 atom stereocenters. The van der Waals surface area contributed by atoms with Crippen LogP contribution in [-0.4, -0.2) is 36.6 Å². The number of aromatic nitrogens is 4. The van der Waals surface area contributed by atoms with E-state index in [2.05, 4.69) is 55.2 Å². The van der Waals surface area contributed by atoms with Gasteiger partial charge in [0.2, 0.25) is 0 Å². The Morgan fingerprint density at radius 1 is 0.760 bits per heavy atom. The van der Waals surface area contributed by atoms with Crippen molar-refractivity contribution in [2.45, 2.75) is 44.6 Å². The van der Waals surface area contributed by atoms with Crippen LogP contribution in [0.2, 0.25) is 0 Å². The van der Waals surface area contributed by atoms with Crippen LogP contribution in [0.25, 0.3) is 33.2 Å². The molecule has 3 heterocycles. The van der Waals surface area contributed by atoms with Crippen molar-refractivity contribution in [1.29, 1.82) is 0 Å². The summed E-state index contributed by atoms with van der Waals surface area (Å²) < 4.78 is 15.3. The molecule has 8 rings (SSSR count). The molecule has 1 fully saturated rings. The predicted octanol–water partition coefficient (Wildman–Crippen LogP) is 7.31. The molecule has 5 aromatic carbocycles. The molecule has 1 saturated heterocycles. The number of hydrogen-bond acceptors (Lipinski definition) is 7. The maximum absolute atomic E-state index is 12.9. The molecule has 0 aliphatic carbocycles. The molecule has 7 aromatic rings. The van der Waals surface area contributed by atoms with E-state index in [0.717, 1.165) is 49.9 Å². The summed E-state index contributed by atoms with van der Waals surface area (Å²) in [6, 6.07) is 39.9. The molecular formula is C41H35N5O4. The summed E-state index contributed by atoms with van der Waals surface area (Å²) in [6.45, 7) is 0.996. The van der Waals surface area contributed by atoms with Crippen LogP contribution < -0.4 is 5.32 Å². The first kappa shape index (κ1) is 31.5. The second-order valence-corrected chi connectivity index (χ2v) is 12.5. The van der Waals surface area contributed by atoms with Gasteiger partial charge in [0.1, 0.15) is 5.69 Å². The van der Waals surface area contributed by atoms with E-state index in [1.54, 1.807) is 0 Å².